The van der Waals surface area contributed by atoms with Crippen molar-refractivity contribution < 1.29 is 4.79 Å². The molecular weight excluding hydrogens is 306 g/mol. The first-order chi connectivity index (χ1) is 10.2. The topological polar surface area (TPSA) is 45.2 Å². The number of nitrogens with zero attached hydrogens (tertiary/aromatic N) is 2. The monoisotopic (exact) mass is 329 g/mol. The summed E-state index contributed by atoms with van der Waals surface area (Å²) in [6.07, 6.45) is 5.50. The maximum Gasteiger partial charge on any atom is 0.224 e. The first-order valence-electron chi connectivity index (χ1n) is 7.66. The molecule has 4 nitrogen and oxygen atoms in total. The SMILES string of the molecule is CNC(=O)C1CCCN(CCCCc2nc(CCl)cs2)C1. The molecule has 1 aromatic rings. The van der Waals surface area contributed by atoms with E-state index in [1.165, 1.54) is 5.01 Å². The van der Waals surface area contributed by atoms with Crippen LogP contribution in [0.5, 0.6) is 0 Å². The number of thiazole rings is 1. The van der Waals surface area contributed by atoms with Gasteiger partial charge in [0.25, 0.3) is 0 Å². The molecule has 0 aliphatic carbocycles. The second kappa shape index (κ2) is 8.71. The van der Waals surface area contributed by atoms with Crippen molar-refractivity contribution in [3.05, 3.63) is 16.1 Å². The molecule has 21 heavy (non-hydrogen) atoms. The van der Waals surface area contributed by atoms with Gasteiger partial charge in [-0.05, 0) is 45.2 Å². The summed E-state index contributed by atoms with van der Waals surface area (Å²) in [7, 11) is 1.73. The number of amides is 1. The van der Waals surface area contributed by atoms with Gasteiger partial charge in [0.05, 0.1) is 22.5 Å². The van der Waals surface area contributed by atoms with Crippen molar-refractivity contribution in [1.29, 1.82) is 0 Å². The minimum atomic E-state index is 0.175. The van der Waals surface area contributed by atoms with Gasteiger partial charge in [0.2, 0.25) is 5.91 Å². The Balaban J connectivity index is 1.65. The molecule has 1 unspecified atom stereocenters. The number of alkyl halides is 1. The molecule has 0 saturated carbocycles. The van der Waals surface area contributed by atoms with Crippen LogP contribution in [0.1, 0.15) is 36.4 Å². The summed E-state index contributed by atoms with van der Waals surface area (Å²) in [5.74, 6) is 0.871. The molecule has 2 rings (SSSR count). The minimum absolute atomic E-state index is 0.175. The highest BCUT2D eigenvalue weighted by Crippen LogP contribution is 2.18. The number of carbonyl (C=O) groups is 1. The van der Waals surface area contributed by atoms with Gasteiger partial charge >= 0.3 is 0 Å². The lowest BCUT2D eigenvalue weighted by molar-refractivity contribution is -0.126. The smallest absolute Gasteiger partial charge is 0.224 e. The zero-order chi connectivity index (χ0) is 15.1. The van der Waals surface area contributed by atoms with E-state index in [0.717, 1.165) is 57.4 Å². The lowest BCUT2D eigenvalue weighted by atomic mass is 9.97. The number of hydrogen-bond donors (Lipinski definition) is 1. The van der Waals surface area contributed by atoms with Crippen LogP contribution < -0.4 is 5.32 Å². The number of unbranched alkanes of at least 4 members (excludes halogenated alkanes) is 1. The Morgan fingerprint density at radius 1 is 1.57 bits per heavy atom. The number of rotatable bonds is 7. The highest BCUT2D eigenvalue weighted by molar-refractivity contribution is 7.09. The zero-order valence-corrected chi connectivity index (χ0v) is 14.2. The Hall–Kier alpha value is -0.650. The predicted molar refractivity (Wildman–Crippen MR) is 87.8 cm³/mol. The van der Waals surface area contributed by atoms with E-state index in [0.29, 0.717) is 5.88 Å². The van der Waals surface area contributed by atoms with Gasteiger partial charge in [0, 0.05) is 19.0 Å². The number of likely N-dealkylation sites (tertiary alicyclic amines) is 1. The molecule has 0 spiro atoms. The van der Waals surface area contributed by atoms with E-state index in [9.17, 15) is 4.79 Å². The molecule has 0 bridgehead atoms. The summed E-state index contributed by atoms with van der Waals surface area (Å²) in [4.78, 5) is 18.6. The number of carbonyl (C=O) groups excluding carboxylic acids is 1. The van der Waals surface area contributed by atoms with Crippen LogP contribution in [0.25, 0.3) is 0 Å². The number of hydrogen-bond acceptors (Lipinski definition) is 4. The molecule has 0 aromatic carbocycles. The second-order valence-electron chi connectivity index (χ2n) is 5.58. The van der Waals surface area contributed by atoms with Crippen molar-refractivity contribution in [2.45, 2.75) is 38.0 Å². The summed E-state index contributed by atoms with van der Waals surface area (Å²) < 4.78 is 0. The van der Waals surface area contributed by atoms with Crippen LogP contribution in [0, 0.1) is 5.92 Å². The van der Waals surface area contributed by atoms with Crippen molar-refractivity contribution in [2.24, 2.45) is 5.92 Å². The fourth-order valence-electron chi connectivity index (χ4n) is 2.81. The van der Waals surface area contributed by atoms with Gasteiger partial charge in [-0.25, -0.2) is 4.98 Å². The number of aromatic nitrogens is 1. The molecule has 1 fully saturated rings. The highest BCUT2D eigenvalue weighted by Gasteiger charge is 2.24. The second-order valence-corrected chi connectivity index (χ2v) is 6.79. The molecular formula is C15H24ClN3OS. The summed E-state index contributed by atoms with van der Waals surface area (Å²) >= 11 is 7.46. The molecule has 118 valence electrons. The summed E-state index contributed by atoms with van der Waals surface area (Å²) in [5.41, 5.74) is 0.987. The van der Waals surface area contributed by atoms with Crippen LogP contribution in [0.15, 0.2) is 5.38 Å². The van der Waals surface area contributed by atoms with Crippen LogP contribution in [0.3, 0.4) is 0 Å². The Morgan fingerprint density at radius 2 is 2.43 bits per heavy atom. The van der Waals surface area contributed by atoms with E-state index in [2.05, 4.69) is 15.2 Å². The first kappa shape index (κ1) is 16.7. The van der Waals surface area contributed by atoms with E-state index >= 15 is 0 Å². The third-order valence-electron chi connectivity index (χ3n) is 3.97. The Kier molecular flexibility index (Phi) is 6.93. The largest absolute Gasteiger partial charge is 0.359 e. The van der Waals surface area contributed by atoms with Crippen LogP contribution in [-0.2, 0) is 17.1 Å². The van der Waals surface area contributed by atoms with Crippen molar-refractivity contribution >= 4 is 28.8 Å². The van der Waals surface area contributed by atoms with Gasteiger partial charge in [0.15, 0.2) is 0 Å². The van der Waals surface area contributed by atoms with E-state index in [4.69, 9.17) is 11.6 Å². The Labute approximate surface area is 135 Å². The van der Waals surface area contributed by atoms with E-state index in [1.807, 2.05) is 5.38 Å². The van der Waals surface area contributed by atoms with E-state index < -0.39 is 0 Å². The molecule has 1 aromatic heterocycles. The van der Waals surface area contributed by atoms with Crippen molar-refractivity contribution in [2.75, 3.05) is 26.7 Å². The van der Waals surface area contributed by atoms with Crippen LogP contribution in [0.2, 0.25) is 0 Å². The fraction of sp³-hybridized carbons (Fsp3) is 0.733. The Bertz CT molecular complexity index is 452. The van der Waals surface area contributed by atoms with Gasteiger partial charge in [-0.2, -0.15) is 0 Å². The number of piperidine rings is 1. The molecule has 1 aliphatic rings. The summed E-state index contributed by atoms with van der Waals surface area (Å²) in [6, 6.07) is 0. The van der Waals surface area contributed by atoms with Gasteiger partial charge in [0.1, 0.15) is 0 Å². The first-order valence-corrected chi connectivity index (χ1v) is 9.07. The van der Waals surface area contributed by atoms with Crippen LogP contribution >= 0.6 is 22.9 Å². The van der Waals surface area contributed by atoms with Crippen molar-refractivity contribution in [1.82, 2.24) is 15.2 Å². The maximum absolute atomic E-state index is 11.7. The van der Waals surface area contributed by atoms with E-state index in [1.54, 1.807) is 18.4 Å². The molecule has 6 heteroatoms. The van der Waals surface area contributed by atoms with Gasteiger partial charge in [-0.15, -0.1) is 22.9 Å². The highest BCUT2D eigenvalue weighted by atomic mass is 35.5. The summed E-state index contributed by atoms with van der Waals surface area (Å²) in [6.45, 7) is 3.12. The predicted octanol–water partition coefficient (Wildman–Crippen LogP) is 2.66. The molecule has 1 atom stereocenters. The standard InChI is InChI=1S/C15H24ClN3OS/c1-17-15(20)12-5-4-8-19(10-12)7-3-2-6-14-18-13(9-16)11-21-14/h11-12H,2-10H2,1H3,(H,17,20). The average Bonchev–Trinajstić information content (AvgIpc) is 2.99. The maximum atomic E-state index is 11.7. The third-order valence-corrected chi connectivity index (χ3v) is 5.21. The molecule has 1 saturated heterocycles. The van der Waals surface area contributed by atoms with Gasteiger partial charge < -0.3 is 10.2 Å². The van der Waals surface area contributed by atoms with Gasteiger partial charge in [-0.3, -0.25) is 4.79 Å². The third kappa shape index (κ3) is 5.24. The number of aryl methyl sites for hydroxylation is 1. The average molecular weight is 330 g/mol. The van der Waals surface area contributed by atoms with Crippen LogP contribution in [-0.4, -0.2) is 42.5 Å². The molecule has 0 radical (unpaired) electrons. The van der Waals surface area contributed by atoms with Gasteiger partial charge in [-0.1, -0.05) is 0 Å². The number of halogens is 1. The lowest BCUT2D eigenvalue weighted by Gasteiger charge is -2.31. The van der Waals surface area contributed by atoms with Crippen molar-refractivity contribution in [3.8, 4) is 0 Å². The van der Waals surface area contributed by atoms with Crippen molar-refractivity contribution in [3.63, 3.8) is 0 Å². The lowest BCUT2D eigenvalue weighted by Crippen LogP contribution is -2.42. The van der Waals surface area contributed by atoms with Crippen LogP contribution in [0.4, 0.5) is 0 Å². The normalized spacial score (nSPS) is 19.6. The molecule has 1 amide bonds. The quantitative estimate of drug-likeness (QED) is 0.618. The number of nitrogens with one attached hydrogen (secondary N) is 1. The van der Waals surface area contributed by atoms with E-state index in [-0.39, 0.29) is 11.8 Å². The molecule has 1 aliphatic heterocycles. The fourth-order valence-corrected chi connectivity index (χ4v) is 3.88. The summed E-state index contributed by atoms with van der Waals surface area (Å²) in [5, 5.41) is 6.00. The molecule has 2 heterocycles. The molecule has 1 N–H and O–H groups in total. The zero-order valence-electron chi connectivity index (χ0n) is 12.6. The Morgan fingerprint density at radius 3 is 3.14 bits per heavy atom. The minimum Gasteiger partial charge on any atom is -0.359 e.